The highest BCUT2D eigenvalue weighted by Crippen LogP contribution is 2.35. The fraction of sp³-hybridized carbons (Fsp3) is 0.348. The number of nitrogens with one attached hydrogen (secondary N) is 1. The van der Waals surface area contributed by atoms with Gasteiger partial charge in [-0.25, -0.2) is 15.0 Å². The Hall–Kier alpha value is -3.12. The molecule has 0 amide bonds. The third-order valence-corrected chi connectivity index (χ3v) is 5.32. The van der Waals surface area contributed by atoms with Gasteiger partial charge >= 0.3 is 12.2 Å². The Morgan fingerprint density at radius 1 is 1.12 bits per heavy atom. The standard InChI is InChI=1S/C23H23F3N4OS/c1-3-4-5-6-7-8-9-16-10-11-18(12-19(16)23(24,25)26)29-22-30-20(15-32-22)17-13-27-21(31-2)28-14-17/h10-15H,3-7H2,1-2H3,(H,29,30). The van der Waals surface area contributed by atoms with Gasteiger partial charge in [0.25, 0.3) is 0 Å². The van der Waals surface area contributed by atoms with Crippen LogP contribution in [0, 0.1) is 11.8 Å². The minimum absolute atomic E-state index is 0.0197. The van der Waals surface area contributed by atoms with Crippen molar-refractivity contribution in [3.63, 3.8) is 0 Å². The van der Waals surface area contributed by atoms with Crippen molar-refractivity contribution >= 4 is 22.2 Å². The van der Waals surface area contributed by atoms with Crippen molar-refractivity contribution in [3.05, 3.63) is 47.1 Å². The Balaban J connectivity index is 1.74. The predicted molar refractivity (Wildman–Crippen MR) is 120 cm³/mol. The number of ether oxygens (including phenoxy) is 1. The lowest BCUT2D eigenvalue weighted by atomic mass is 10.1. The number of nitrogens with zero attached hydrogens (tertiary/aromatic N) is 3. The molecule has 0 bridgehead atoms. The van der Waals surface area contributed by atoms with Crippen LogP contribution < -0.4 is 10.1 Å². The van der Waals surface area contributed by atoms with Crippen molar-refractivity contribution in [2.24, 2.45) is 0 Å². The van der Waals surface area contributed by atoms with Crippen molar-refractivity contribution in [1.29, 1.82) is 0 Å². The number of rotatable bonds is 8. The molecule has 0 aliphatic rings. The smallest absolute Gasteiger partial charge is 0.417 e. The van der Waals surface area contributed by atoms with Crippen molar-refractivity contribution < 1.29 is 17.9 Å². The summed E-state index contributed by atoms with van der Waals surface area (Å²) >= 11 is 1.27. The summed E-state index contributed by atoms with van der Waals surface area (Å²) in [6.45, 7) is 2.11. The fourth-order valence-electron chi connectivity index (χ4n) is 2.90. The Kier molecular flexibility index (Phi) is 8.06. The fourth-order valence-corrected chi connectivity index (χ4v) is 3.64. The van der Waals surface area contributed by atoms with Gasteiger partial charge in [0.15, 0.2) is 5.13 Å². The van der Waals surface area contributed by atoms with Gasteiger partial charge in [0.2, 0.25) is 0 Å². The van der Waals surface area contributed by atoms with Crippen molar-refractivity contribution in [2.45, 2.75) is 45.2 Å². The molecule has 3 aromatic rings. The van der Waals surface area contributed by atoms with Gasteiger partial charge in [0, 0.05) is 41.0 Å². The summed E-state index contributed by atoms with van der Waals surface area (Å²) in [6, 6.07) is 4.29. The molecular formula is C23H23F3N4OS. The molecular weight excluding hydrogens is 437 g/mol. The van der Waals surface area contributed by atoms with E-state index in [1.807, 2.05) is 0 Å². The maximum atomic E-state index is 13.6. The van der Waals surface area contributed by atoms with E-state index in [0.29, 0.717) is 22.8 Å². The summed E-state index contributed by atoms with van der Waals surface area (Å²) < 4.78 is 45.7. The van der Waals surface area contributed by atoms with Crippen LogP contribution in [0.15, 0.2) is 36.0 Å². The molecule has 32 heavy (non-hydrogen) atoms. The van der Waals surface area contributed by atoms with E-state index in [9.17, 15) is 13.2 Å². The van der Waals surface area contributed by atoms with Crippen molar-refractivity contribution in [2.75, 3.05) is 12.4 Å². The third kappa shape index (κ3) is 6.44. The molecule has 0 saturated carbocycles. The number of hydrogen-bond donors (Lipinski definition) is 1. The molecule has 0 atom stereocenters. The second kappa shape index (κ2) is 11.0. The van der Waals surface area contributed by atoms with Crippen LogP contribution in [0.5, 0.6) is 6.01 Å². The second-order valence-electron chi connectivity index (χ2n) is 6.99. The van der Waals surface area contributed by atoms with Crippen LogP contribution in [0.4, 0.5) is 24.0 Å². The lowest BCUT2D eigenvalue weighted by molar-refractivity contribution is -0.137. The van der Waals surface area contributed by atoms with Gasteiger partial charge in [0.1, 0.15) is 0 Å². The van der Waals surface area contributed by atoms with Gasteiger partial charge in [-0.05, 0) is 24.6 Å². The van der Waals surface area contributed by atoms with E-state index >= 15 is 0 Å². The molecule has 9 heteroatoms. The highest BCUT2D eigenvalue weighted by Gasteiger charge is 2.33. The number of hydrogen-bond acceptors (Lipinski definition) is 6. The zero-order chi connectivity index (χ0) is 23.0. The highest BCUT2D eigenvalue weighted by atomic mass is 32.1. The van der Waals surface area contributed by atoms with E-state index in [4.69, 9.17) is 4.74 Å². The Morgan fingerprint density at radius 2 is 1.91 bits per heavy atom. The molecule has 0 aliphatic carbocycles. The topological polar surface area (TPSA) is 59.9 Å². The summed E-state index contributed by atoms with van der Waals surface area (Å²) in [4.78, 5) is 12.5. The van der Waals surface area contributed by atoms with E-state index in [1.54, 1.807) is 23.8 Å². The lowest BCUT2D eigenvalue weighted by Crippen LogP contribution is -2.08. The van der Waals surface area contributed by atoms with Crippen molar-refractivity contribution in [1.82, 2.24) is 15.0 Å². The number of alkyl halides is 3. The van der Waals surface area contributed by atoms with Gasteiger partial charge in [0.05, 0.1) is 18.4 Å². The maximum absolute atomic E-state index is 13.6. The molecule has 5 nitrogen and oxygen atoms in total. The first-order valence-corrected chi connectivity index (χ1v) is 11.1. The normalized spacial score (nSPS) is 11.0. The summed E-state index contributed by atoms with van der Waals surface area (Å²) in [5.41, 5.74) is 0.799. The molecule has 1 aromatic carbocycles. The molecule has 168 valence electrons. The number of thiazole rings is 1. The van der Waals surface area contributed by atoms with Crippen molar-refractivity contribution in [3.8, 4) is 29.1 Å². The summed E-state index contributed by atoms with van der Waals surface area (Å²) in [6.07, 6.45) is 3.39. The van der Waals surface area contributed by atoms with Crippen LogP contribution in [-0.4, -0.2) is 22.1 Å². The van der Waals surface area contributed by atoms with Gasteiger partial charge in [-0.1, -0.05) is 38.0 Å². The molecule has 1 N–H and O–H groups in total. The second-order valence-corrected chi connectivity index (χ2v) is 7.85. The van der Waals surface area contributed by atoms with Crippen LogP contribution in [0.2, 0.25) is 0 Å². The van der Waals surface area contributed by atoms with E-state index in [0.717, 1.165) is 31.7 Å². The number of methoxy groups -OCH3 is 1. The molecule has 0 aliphatic heterocycles. The first-order valence-electron chi connectivity index (χ1n) is 10.2. The van der Waals surface area contributed by atoms with E-state index in [2.05, 4.69) is 39.0 Å². The van der Waals surface area contributed by atoms with E-state index in [-0.39, 0.29) is 17.3 Å². The van der Waals surface area contributed by atoms with Crippen LogP contribution >= 0.6 is 11.3 Å². The lowest BCUT2D eigenvalue weighted by Gasteiger charge is -2.12. The van der Waals surface area contributed by atoms with Crippen LogP contribution in [0.25, 0.3) is 11.3 Å². The SMILES string of the molecule is CCCCCCC#Cc1ccc(Nc2nc(-c3cnc(OC)nc3)cs2)cc1C(F)(F)F. The van der Waals surface area contributed by atoms with Gasteiger partial charge in [-0.15, -0.1) is 11.3 Å². The number of anilines is 2. The molecule has 3 rings (SSSR count). The predicted octanol–water partition coefficient (Wildman–Crippen LogP) is 6.69. The number of halogens is 3. The molecule has 0 unspecified atom stereocenters. The van der Waals surface area contributed by atoms with E-state index in [1.165, 1.54) is 24.5 Å². The third-order valence-electron chi connectivity index (χ3n) is 4.57. The zero-order valence-corrected chi connectivity index (χ0v) is 18.6. The number of benzene rings is 1. The number of aromatic nitrogens is 3. The minimum Gasteiger partial charge on any atom is -0.467 e. The molecule has 0 fully saturated rings. The van der Waals surface area contributed by atoms with Gasteiger partial charge in [-0.3, -0.25) is 0 Å². The summed E-state index contributed by atoms with van der Waals surface area (Å²) in [5.74, 6) is 5.56. The molecule has 0 saturated heterocycles. The number of unbranched alkanes of at least 4 members (excludes halogenated alkanes) is 4. The Labute approximate surface area is 189 Å². The van der Waals surface area contributed by atoms with Crippen LogP contribution in [0.3, 0.4) is 0 Å². The quantitative estimate of drug-likeness (QED) is 0.300. The van der Waals surface area contributed by atoms with Crippen LogP contribution in [0.1, 0.15) is 50.2 Å². The molecule has 2 heterocycles. The summed E-state index contributed by atoms with van der Waals surface area (Å²) in [5, 5.41) is 5.17. The van der Waals surface area contributed by atoms with Crippen LogP contribution in [-0.2, 0) is 6.18 Å². The summed E-state index contributed by atoms with van der Waals surface area (Å²) in [7, 11) is 1.47. The highest BCUT2D eigenvalue weighted by molar-refractivity contribution is 7.14. The van der Waals surface area contributed by atoms with E-state index < -0.39 is 11.7 Å². The molecule has 0 spiro atoms. The van der Waals surface area contributed by atoms with Gasteiger partial charge in [-0.2, -0.15) is 13.2 Å². The average Bonchev–Trinajstić information content (AvgIpc) is 3.24. The monoisotopic (exact) mass is 460 g/mol. The molecule has 0 radical (unpaired) electrons. The molecule has 2 aromatic heterocycles. The average molecular weight is 461 g/mol. The Bertz CT molecular complexity index is 1090. The zero-order valence-electron chi connectivity index (χ0n) is 17.8. The van der Waals surface area contributed by atoms with Gasteiger partial charge < -0.3 is 10.1 Å². The minimum atomic E-state index is -4.50. The largest absolute Gasteiger partial charge is 0.467 e. The maximum Gasteiger partial charge on any atom is 0.417 e. The Morgan fingerprint density at radius 3 is 2.59 bits per heavy atom. The first kappa shape index (κ1) is 23.5. The first-order chi connectivity index (χ1) is 15.4.